The number of nitrogens with zero attached hydrogens (tertiary/aromatic N) is 3. The van der Waals surface area contributed by atoms with Crippen LogP contribution in [0.4, 0.5) is 4.79 Å². The number of methoxy groups -OCH3 is 1. The highest BCUT2D eigenvalue weighted by Crippen LogP contribution is 2.37. The van der Waals surface area contributed by atoms with Gasteiger partial charge in [-0.25, -0.2) is 4.79 Å². The average Bonchev–Trinajstić information content (AvgIpc) is 2.94. The Morgan fingerprint density at radius 1 is 1.12 bits per heavy atom. The van der Waals surface area contributed by atoms with E-state index < -0.39 is 17.1 Å². The van der Waals surface area contributed by atoms with E-state index in [1.54, 1.807) is 54.3 Å². The number of amides is 3. The second-order valence-electron chi connectivity index (χ2n) is 12.1. The van der Waals surface area contributed by atoms with Crippen molar-refractivity contribution in [1.29, 1.82) is 0 Å². The molecule has 2 aliphatic rings. The van der Waals surface area contributed by atoms with Gasteiger partial charge in [-0.05, 0) is 71.4 Å². The van der Waals surface area contributed by atoms with E-state index in [-0.39, 0.29) is 31.0 Å². The van der Waals surface area contributed by atoms with Gasteiger partial charge in [-0.2, -0.15) is 0 Å². The summed E-state index contributed by atoms with van der Waals surface area (Å²) in [5.74, 6) is 0.869. The zero-order valence-electron chi connectivity index (χ0n) is 25.4. The van der Waals surface area contributed by atoms with Crippen LogP contribution in [0.3, 0.4) is 0 Å². The molecular weight excluding hydrogens is 522 g/mol. The summed E-state index contributed by atoms with van der Waals surface area (Å²) in [7, 11) is 3.36. The number of likely N-dealkylation sites (tertiary alicyclic amines) is 2. The number of hydrogen-bond acceptors (Lipinski definition) is 6. The summed E-state index contributed by atoms with van der Waals surface area (Å²) in [5, 5.41) is 0. The number of likely N-dealkylation sites (N-methyl/N-ethyl adjacent to an activating group) is 1. The van der Waals surface area contributed by atoms with Crippen LogP contribution >= 0.6 is 0 Å². The van der Waals surface area contributed by atoms with Crippen molar-refractivity contribution in [3.05, 3.63) is 49.1 Å². The van der Waals surface area contributed by atoms with Crippen molar-refractivity contribution in [3.63, 3.8) is 0 Å². The standard InChI is InChI=1S/C32H47N3O6/c1-8-16-32(17-12-18-34(23-32)30(38)41-31(3,4)5)29(37)33(6)22-24-13-10-11-19-35(24)28(36)26-15-14-25(39-7)21-27(26)40-20-9-2/h8-9,14-15,21,24H,1-2,10-13,16-20,22-23H2,3-7H3/t24-,32?/m1/s1. The molecule has 2 fully saturated rings. The molecule has 2 atom stereocenters. The molecule has 1 unspecified atom stereocenters. The van der Waals surface area contributed by atoms with E-state index in [2.05, 4.69) is 13.2 Å². The molecule has 0 bridgehead atoms. The number of carbonyl (C=O) groups excluding carboxylic acids is 3. The maximum absolute atomic E-state index is 14.1. The second kappa shape index (κ2) is 13.9. The van der Waals surface area contributed by atoms with Crippen LogP contribution in [0.5, 0.6) is 11.5 Å². The third-order valence-corrected chi connectivity index (χ3v) is 7.71. The number of rotatable bonds is 10. The molecular formula is C32H47N3O6. The first-order valence-electron chi connectivity index (χ1n) is 14.5. The zero-order valence-corrected chi connectivity index (χ0v) is 25.4. The molecule has 1 aromatic carbocycles. The molecule has 9 heteroatoms. The van der Waals surface area contributed by atoms with Crippen molar-refractivity contribution < 1.29 is 28.6 Å². The van der Waals surface area contributed by atoms with Gasteiger partial charge in [-0.15, -0.1) is 6.58 Å². The predicted molar refractivity (Wildman–Crippen MR) is 159 cm³/mol. The topological polar surface area (TPSA) is 88.6 Å². The summed E-state index contributed by atoms with van der Waals surface area (Å²) in [5.41, 5.74) is -0.943. The lowest BCUT2D eigenvalue weighted by molar-refractivity contribution is -0.144. The number of piperidine rings is 2. The number of hydrogen-bond donors (Lipinski definition) is 0. The third-order valence-electron chi connectivity index (χ3n) is 7.71. The van der Waals surface area contributed by atoms with E-state index in [4.69, 9.17) is 14.2 Å². The van der Waals surface area contributed by atoms with Crippen LogP contribution in [-0.4, -0.2) is 91.2 Å². The predicted octanol–water partition coefficient (Wildman–Crippen LogP) is 5.31. The Kier molecular flexibility index (Phi) is 10.9. The smallest absolute Gasteiger partial charge is 0.410 e. The number of carbonyl (C=O) groups is 3. The van der Waals surface area contributed by atoms with Gasteiger partial charge in [0.25, 0.3) is 5.91 Å². The largest absolute Gasteiger partial charge is 0.497 e. The van der Waals surface area contributed by atoms with E-state index in [0.717, 1.165) is 19.3 Å². The van der Waals surface area contributed by atoms with E-state index >= 15 is 0 Å². The molecule has 3 amide bonds. The molecule has 1 aromatic rings. The molecule has 41 heavy (non-hydrogen) atoms. The quantitative estimate of drug-likeness (QED) is 0.355. The Morgan fingerprint density at radius 3 is 2.54 bits per heavy atom. The highest BCUT2D eigenvalue weighted by molar-refractivity contribution is 5.97. The first kappa shape index (κ1) is 32.0. The van der Waals surface area contributed by atoms with Crippen LogP contribution in [0.15, 0.2) is 43.5 Å². The van der Waals surface area contributed by atoms with Gasteiger partial charge in [-0.3, -0.25) is 9.59 Å². The van der Waals surface area contributed by atoms with Crippen molar-refractivity contribution in [2.24, 2.45) is 5.41 Å². The molecule has 0 radical (unpaired) electrons. The normalized spacial score (nSPS) is 21.0. The Bertz CT molecular complexity index is 1110. The fraction of sp³-hybridized carbons (Fsp3) is 0.594. The van der Waals surface area contributed by atoms with Gasteiger partial charge in [0, 0.05) is 45.3 Å². The summed E-state index contributed by atoms with van der Waals surface area (Å²) in [6.07, 6.45) is 7.46. The lowest BCUT2D eigenvalue weighted by Gasteiger charge is -2.44. The van der Waals surface area contributed by atoms with Crippen molar-refractivity contribution in [1.82, 2.24) is 14.7 Å². The third kappa shape index (κ3) is 8.05. The number of allylic oxidation sites excluding steroid dienone is 1. The van der Waals surface area contributed by atoms with Crippen LogP contribution in [0.2, 0.25) is 0 Å². The van der Waals surface area contributed by atoms with Crippen LogP contribution in [0, 0.1) is 5.41 Å². The maximum atomic E-state index is 14.1. The Balaban J connectivity index is 1.80. The van der Waals surface area contributed by atoms with E-state index in [1.807, 2.05) is 25.7 Å². The molecule has 9 nitrogen and oxygen atoms in total. The number of ether oxygens (including phenoxy) is 3. The number of benzene rings is 1. The van der Waals surface area contributed by atoms with Gasteiger partial charge in [0.05, 0.1) is 18.1 Å². The van der Waals surface area contributed by atoms with Crippen molar-refractivity contribution in [2.75, 3.05) is 46.9 Å². The van der Waals surface area contributed by atoms with Gasteiger partial charge in [0.1, 0.15) is 23.7 Å². The van der Waals surface area contributed by atoms with Crippen LogP contribution in [0.25, 0.3) is 0 Å². The fourth-order valence-corrected chi connectivity index (χ4v) is 5.81. The SMILES string of the molecule is C=CCOc1cc(OC)ccc1C(=O)N1CCCC[C@@H]1CN(C)C(=O)C1(CC=C)CCCN(C(=O)OC(C)(C)C)C1. The molecule has 0 aromatic heterocycles. The molecule has 3 rings (SSSR count). The Hall–Kier alpha value is -3.49. The summed E-state index contributed by atoms with van der Waals surface area (Å²) in [4.78, 5) is 46.1. The maximum Gasteiger partial charge on any atom is 0.410 e. The Morgan fingerprint density at radius 2 is 1.88 bits per heavy atom. The van der Waals surface area contributed by atoms with E-state index in [1.165, 1.54) is 0 Å². The summed E-state index contributed by atoms with van der Waals surface area (Å²) >= 11 is 0. The van der Waals surface area contributed by atoms with Crippen molar-refractivity contribution >= 4 is 17.9 Å². The first-order valence-corrected chi connectivity index (χ1v) is 14.5. The lowest BCUT2D eigenvalue weighted by Crippen LogP contribution is -2.56. The molecule has 2 saturated heterocycles. The van der Waals surface area contributed by atoms with Crippen LogP contribution in [-0.2, 0) is 9.53 Å². The minimum absolute atomic E-state index is 0.0388. The van der Waals surface area contributed by atoms with Gasteiger partial charge in [-0.1, -0.05) is 18.7 Å². The minimum atomic E-state index is -0.781. The van der Waals surface area contributed by atoms with Crippen molar-refractivity contribution in [3.8, 4) is 11.5 Å². The molecule has 0 N–H and O–H groups in total. The molecule has 226 valence electrons. The fourth-order valence-electron chi connectivity index (χ4n) is 5.81. The molecule has 0 saturated carbocycles. The molecule has 0 aliphatic carbocycles. The summed E-state index contributed by atoms with van der Waals surface area (Å²) in [6.45, 7) is 15.2. The second-order valence-corrected chi connectivity index (χ2v) is 12.1. The first-order chi connectivity index (χ1) is 19.4. The average molecular weight is 570 g/mol. The van der Waals surface area contributed by atoms with Gasteiger partial charge in [0.15, 0.2) is 0 Å². The molecule has 2 heterocycles. The summed E-state index contributed by atoms with van der Waals surface area (Å²) in [6, 6.07) is 5.04. The van der Waals surface area contributed by atoms with E-state index in [9.17, 15) is 14.4 Å². The van der Waals surface area contributed by atoms with Gasteiger partial charge < -0.3 is 28.9 Å². The zero-order chi connectivity index (χ0) is 30.2. The van der Waals surface area contributed by atoms with Crippen LogP contribution < -0.4 is 9.47 Å². The van der Waals surface area contributed by atoms with Crippen molar-refractivity contribution in [2.45, 2.75) is 70.9 Å². The lowest BCUT2D eigenvalue weighted by atomic mass is 9.75. The highest BCUT2D eigenvalue weighted by Gasteiger charge is 2.45. The minimum Gasteiger partial charge on any atom is -0.497 e. The van der Waals surface area contributed by atoms with Gasteiger partial charge >= 0.3 is 6.09 Å². The summed E-state index contributed by atoms with van der Waals surface area (Å²) < 4.78 is 16.8. The van der Waals surface area contributed by atoms with E-state index in [0.29, 0.717) is 56.0 Å². The molecule has 2 aliphatic heterocycles. The highest BCUT2D eigenvalue weighted by atomic mass is 16.6. The Labute approximate surface area is 245 Å². The van der Waals surface area contributed by atoms with Gasteiger partial charge in [0.2, 0.25) is 5.91 Å². The van der Waals surface area contributed by atoms with Crippen LogP contribution in [0.1, 0.15) is 69.7 Å². The monoisotopic (exact) mass is 569 g/mol. The molecule has 0 spiro atoms.